The fraction of sp³-hybridized carbons (Fsp3) is 0.250. The molecule has 0 aromatic carbocycles. The lowest BCUT2D eigenvalue weighted by Crippen LogP contribution is -2.16. The molecule has 5 nitrogen and oxygen atoms in total. The number of hydrogen-bond acceptors (Lipinski definition) is 4. The van der Waals surface area contributed by atoms with Crippen molar-refractivity contribution in [3.8, 4) is 6.07 Å². The Morgan fingerprint density at radius 1 is 1.56 bits per heavy atom. The maximum atomic E-state index is 12.0. The monoisotopic (exact) mass is 260 g/mol. The van der Waals surface area contributed by atoms with Crippen LogP contribution in [0.15, 0.2) is 12.4 Å². The zero-order chi connectivity index (χ0) is 13.3. The Balaban J connectivity index is 2.31. The van der Waals surface area contributed by atoms with Gasteiger partial charge in [0, 0.05) is 24.3 Å². The molecular formula is C12H12N4OS. The second-order valence-corrected chi connectivity index (χ2v) is 5.14. The minimum Gasteiger partial charge on any atom is -0.330 e. The number of rotatable bonds is 2. The molecule has 0 saturated carbocycles. The average molecular weight is 260 g/mol. The van der Waals surface area contributed by atoms with Gasteiger partial charge in [-0.15, -0.1) is 11.3 Å². The number of aromatic nitrogens is 2. The Morgan fingerprint density at radius 2 is 2.28 bits per heavy atom. The zero-order valence-corrected chi connectivity index (χ0v) is 11.1. The minimum atomic E-state index is -0.305. The normalized spacial score (nSPS) is 10.1. The number of imidazole rings is 1. The van der Waals surface area contributed by atoms with E-state index in [2.05, 4.69) is 16.4 Å². The molecule has 2 aromatic rings. The van der Waals surface area contributed by atoms with E-state index in [0.717, 1.165) is 10.4 Å². The minimum absolute atomic E-state index is 0.305. The quantitative estimate of drug-likeness (QED) is 0.900. The molecule has 1 amide bonds. The van der Waals surface area contributed by atoms with Gasteiger partial charge in [0.2, 0.25) is 0 Å². The van der Waals surface area contributed by atoms with Gasteiger partial charge >= 0.3 is 0 Å². The smallest absolute Gasteiger partial charge is 0.292 e. The summed E-state index contributed by atoms with van der Waals surface area (Å²) in [5.41, 5.74) is 1.44. The van der Waals surface area contributed by atoms with E-state index in [9.17, 15) is 4.79 Å². The van der Waals surface area contributed by atoms with Gasteiger partial charge in [0.1, 0.15) is 11.1 Å². The Labute approximate surface area is 109 Å². The summed E-state index contributed by atoms with van der Waals surface area (Å²) in [7, 11) is 1.75. The standard InChI is InChI=1S/C12H12N4OS/c1-7-8(2)18-12(9(7)6-13)15-11(17)10-14-4-5-16(10)3/h4-5H,1-3H3,(H,15,17). The van der Waals surface area contributed by atoms with Gasteiger partial charge in [-0.05, 0) is 19.4 Å². The molecule has 0 saturated heterocycles. The van der Waals surface area contributed by atoms with Crippen LogP contribution in [0.1, 0.15) is 26.6 Å². The summed E-state index contributed by atoms with van der Waals surface area (Å²) in [6.07, 6.45) is 3.26. The van der Waals surface area contributed by atoms with E-state index >= 15 is 0 Å². The number of thiophene rings is 1. The van der Waals surface area contributed by atoms with Gasteiger partial charge < -0.3 is 9.88 Å². The maximum absolute atomic E-state index is 12.0. The summed E-state index contributed by atoms with van der Waals surface area (Å²) in [5, 5.41) is 12.4. The second-order valence-electron chi connectivity index (χ2n) is 3.92. The van der Waals surface area contributed by atoms with E-state index in [1.165, 1.54) is 11.3 Å². The number of nitrogens with zero attached hydrogens (tertiary/aromatic N) is 3. The van der Waals surface area contributed by atoms with Crippen LogP contribution in [0, 0.1) is 25.2 Å². The van der Waals surface area contributed by atoms with Gasteiger partial charge in [0.15, 0.2) is 5.82 Å². The molecule has 2 aromatic heterocycles. The van der Waals surface area contributed by atoms with Crippen molar-refractivity contribution in [3.05, 3.63) is 34.2 Å². The Morgan fingerprint density at radius 3 is 2.83 bits per heavy atom. The van der Waals surface area contributed by atoms with Gasteiger partial charge in [0.05, 0.1) is 5.56 Å². The third-order valence-corrected chi connectivity index (χ3v) is 3.87. The van der Waals surface area contributed by atoms with E-state index in [4.69, 9.17) is 5.26 Å². The van der Waals surface area contributed by atoms with Crippen molar-refractivity contribution in [2.45, 2.75) is 13.8 Å². The van der Waals surface area contributed by atoms with E-state index in [1.807, 2.05) is 13.8 Å². The van der Waals surface area contributed by atoms with Crippen LogP contribution in [-0.2, 0) is 7.05 Å². The molecule has 6 heteroatoms. The molecule has 2 heterocycles. The molecule has 1 N–H and O–H groups in total. The summed E-state index contributed by atoms with van der Waals surface area (Å²) >= 11 is 1.41. The number of carbonyl (C=O) groups is 1. The summed E-state index contributed by atoms with van der Waals surface area (Å²) in [4.78, 5) is 17.0. The highest BCUT2D eigenvalue weighted by atomic mass is 32.1. The number of nitrogens with one attached hydrogen (secondary N) is 1. The largest absolute Gasteiger partial charge is 0.330 e. The fourth-order valence-corrected chi connectivity index (χ4v) is 2.60. The molecule has 0 aliphatic rings. The molecule has 0 bridgehead atoms. The molecular weight excluding hydrogens is 248 g/mol. The lowest BCUT2D eigenvalue weighted by Gasteiger charge is -2.03. The first-order valence-corrected chi connectivity index (χ1v) is 6.15. The van der Waals surface area contributed by atoms with Crippen LogP contribution in [0.4, 0.5) is 5.00 Å². The molecule has 2 rings (SSSR count). The SMILES string of the molecule is Cc1sc(NC(=O)c2nccn2C)c(C#N)c1C. The van der Waals surface area contributed by atoms with Crippen molar-refractivity contribution in [3.63, 3.8) is 0 Å². The van der Waals surface area contributed by atoms with Gasteiger partial charge in [-0.1, -0.05) is 0 Å². The highest BCUT2D eigenvalue weighted by molar-refractivity contribution is 7.16. The highest BCUT2D eigenvalue weighted by Gasteiger charge is 2.17. The molecule has 18 heavy (non-hydrogen) atoms. The fourth-order valence-electron chi connectivity index (χ4n) is 1.59. The Bertz CT molecular complexity index is 648. The van der Waals surface area contributed by atoms with Crippen LogP contribution in [0.5, 0.6) is 0 Å². The van der Waals surface area contributed by atoms with Crippen LogP contribution in [-0.4, -0.2) is 15.5 Å². The van der Waals surface area contributed by atoms with Gasteiger partial charge in [0.25, 0.3) is 5.91 Å². The van der Waals surface area contributed by atoms with E-state index in [-0.39, 0.29) is 5.91 Å². The number of nitriles is 1. The van der Waals surface area contributed by atoms with Crippen molar-refractivity contribution >= 4 is 22.2 Å². The summed E-state index contributed by atoms with van der Waals surface area (Å²) < 4.78 is 1.63. The van der Waals surface area contributed by atoms with Crippen molar-refractivity contribution in [2.75, 3.05) is 5.32 Å². The number of carbonyl (C=O) groups excluding carboxylic acids is 1. The van der Waals surface area contributed by atoms with Gasteiger partial charge in [-0.3, -0.25) is 4.79 Å². The Hall–Kier alpha value is -2.13. The molecule has 0 spiro atoms. The average Bonchev–Trinajstić information content (AvgIpc) is 2.85. The van der Waals surface area contributed by atoms with Crippen molar-refractivity contribution in [1.29, 1.82) is 5.26 Å². The first kappa shape index (κ1) is 12.3. The van der Waals surface area contributed by atoms with Crippen molar-refractivity contribution in [2.24, 2.45) is 7.05 Å². The number of anilines is 1. The van der Waals surface area contributed by atoms with Crippen LogP contribution >= 0.6 is 11.3 Å². The summed E-state index contributed by atoms with van der Waals surface area (Å²) in [6, 6.07) is 2.12. The lowest BCUT2D eigenvalue weighted by molar-refractivity contribution is 0.101. The van der Waals surface area contributed by atoms with Crippen molar-refractivity contribution in [1.82, 2.24) is 9.55 Å². The number of amides is 1. The molecule has 0 atom stereocenters. The predicted octanol–water partition coefficient (Wildman–Crippen LogP) is 2.22. The second kappa shape index (κ2) is 4.63. The van der Waals surface area contributed by atoms with Crippen LogP contribution in [0.3, 0.4) is 0 Å². The van der Waals surface area contributed by atoms with E-state index in [1.54, 1.807) is 24.0 Å². The maximum Gasteiger partial charge on any atom is 0.292 e. The van der Waals surface area contributed by atoms with Crippen LogP contribution < -0.4 is 5.32 Å². The first-order valence-electron chi connectivity index (χ1n) is 5.33. The number of aryl methyl sites for hydroxylation is 2. The lowest BCUT2D eigenvalue weighted by atomic mass is 10.2. The number of hydrogen-bond donors (Lipinski definition) is 1. The molecule has 0 aliphatic heterocycles. The predicted molar refractivity (Wildman–Crippen MR) is 69.7 cm³/mol. The van der Waals surface area contributed by atoms with Crippen LogP contribution in [0.2, 0.25) is 0 Å². The third kappa shape index (κ3) is 2.00. The molecule has 0 aliphatic carbocycles. The summed E-state index contributed by atoms with van der Waals surface area (Å²) in [6.45, 7) is 3.80. The van der Waals surface area contributed by atoms with Crippen molar-refractivity contribution < 1.29 is 4.79 Å². The third-order valence-electron chi connectivity index (χ3n) is 2.75. The molecule has 0 fully saturated rings. The van der Waals surface area contributed by atoms with E-state index < -0.39 is 0 Å². The molecule has 0 radical (unpaired) electrons. The zero-order valence-electron chi connectivity index (χ0n) is 10.3. The van der Waals surface area contributed by atoms with Gasteiger partial charge in [-0.25, -0.2) is 4.98 Å². The molecule has 0 unspecified atom stereocenters. The Kier molecular flexibility index (Phi) is 3.17. The van der Waals surface area contributed by atoms with E-state index in [0.29, 0.717) is 16.4 Å². The topological polar surface area (TPSA) is 70.7 Å². The van der Waals surface area contributed by atoms with Crippen LogP contribution in [0.25, 0.3) is 0 Å². The highest BCUT2D eigenvalue weighted by Crippen LogP contribution is 2.31. The van der Waals surface area contributed by atoms with Gasteiger partial charge in [-0.2, -0.15) is 5.26 Å². The molecule has 92 valence electrons. The first-order chi connectivity index (χ1) is 8.54. The summed E-state index contributed by atoms with van der Waals surface area (Å²) in [5.74, 6) is 0.0165.